The average molecular weight is 570 g/mol. The van der Waals surface area contributed by atoms with E-state index >= 15 is 0 Å². The number of rotatable bonds is 4. The number of hydrogen-bond donors (Lipinski definition) is 0. The largest absolute Gasteiger partial charge is 4.00 e. The van der Waals surface area contributed by atoms with Crippen molar-refractivity contribution in [3.8, 4) is 0 Å². The third-order valence-corrected chi connectivity index (χ3v) is 16.0. The molecule has 0 N–H and O–H groups in total. The molecule has 4 rings (SSSR count). The maximum atomic E-state index is 2.62. The first-order valence-electron chi connectivity index (χ1n) is 11.8. The Kier molecular flexibility index (Phi) is 12.9. The van der Waals surface area contributed by atoms with Gasteiger partial charge in [-0.1, -0.05) is 64.9 Å². The van der Waals surface area contributed by atoms with E-state index in [1.165, 1.54) is 30.0 Å². The molecule has 0 saturated heterocycles. The molecule has 0 aromatic heterocycles. The monoisotopic (exact) mass is 568 g/mol. The Balaban J connectivity index is 0.000000720. The summed E-state index contributed by atoms with van der Waals surface area (Å²) in [5.41, 5.74) is 2.82. The molecule has 0 heterocycles. The predicted octanol–water partition coefficient (Wildman–Crippen LogP) is 1.67. The topological polar surface area (TPSA) is 0 Å². The summed E-state index contributed by atoms with van der Waals surface area (Å²) < 4.78 is 0. The van der Waals surface area contributed by atoms with Crippen LogP contribution in [0.5, 0.6) is 0 Å². The van der Waals surface area contributed by atoms with Crippen LogP contribution in [0.1, 0.15) is 24.8 Å². The summed E-state index contributed by atoms with van der Waals surface area (Å²) in [6.07, 6.45) is 4.45. The third kappa shape index (κ3) is 7.32. The average Bonchev–Trinajstić information content (AvgIpc) is 3.38. The van der Waals surface area contributed by atoms with E-state index < -0.39 is 24.9 Å². The first-order chi connectivity index (χ1) is 14.0. The first-order valence-corrected chi connectivity index (χ1v) is 21.8. The second-order valence-electron chi connectivity index (χ2n) is 11.8. The van der Waals surface area contributed by atoms with Crippen LogP contribution in [0.4, 0.5) is 0 Å². The van der Waals surface area contributed by atoms with Crippen molar-refractivity contribution in [2.45, 2.75) is 82.2 Å². The standard InChI is InChI=1S/C18H35Si3.C9H7.2ClH.Ti/c1-19(2)17-11-9-10-16(17)18(21(6,7)8)13-12-15(14-18)20(3,4)5;1-2-5-9-7-3-6-8(9)4-1;;;/h9-11,15,19H,12-14H2,1-8H3;1-7H;2*1H;/q2*-1;;;+4/p-2. The van der Waals surface area contributed by atoms with Crippen LogP contribution >= 0.6 is 0 Å². The molecular weight excluding hydrogens is 527 g/mol. The molecule has 0 radical (unpaired) electrons. The number of fused-ring (bicyclic) bond motifs is 1. The van der Waals surface area contributed by atoms with Gasteiger partial charge in [0.05, 0.1) is 8.07 Å². The zero-order valence-corrected chi connectivity index (χ0v) is 28.0. The van der Waals surface area contributed by atoms with Gasteiger partial charge >= 0.3 is 21.7 Å². The van der Waals surface area contributed by atoms with Crippen molar-refractivity contribution < 1.29 is 46.5 Å². The van der Waals surface area contributed by atoms with Gasteiger partial charge in [-0.05, 0) is 23.4 Å². The molecule has 3 aromatic carbocycles. The van der Waals surface area contributed by atoms with Crippen LogP contribution in [0, 0.1) is 0 Å². The summed E-state index contributed by atoms with van der Waals surface area (Å²) in [7, 11) is -2.97. The minimum Gasteiger partial charge on any atom is -1.00 e. The van der Waals surface area contributed by atoms with Gasteiger partial charge in [-0.15, -0.1) is 29.7 Å². The summed E-state index contributed by atoms with van der Waals surface area (Å²) >= 11 is 0. The number of hydrogen-bond acceptors (Lipinski definition) is 0. The minimum absolute atomic E-state index is 0. The second-order valence-corrected chi connectivity index (χ2v) is 25.8. The molecule has 1 fully saturated rings. The molecule has 2 atom stereocenters. The van der Waals surface area contributed by atoms with E-state index in [1.807, 2.05) is 0 Å². The Labute approximate surface area is 234 Å². The van der Waals surface area contributed by atoms with Crippen LogP contribution in [0.25, 0.3) is 10.8 Å². The molecule has 0 amide bonds. The fourth-order valence-corrected chi connectivity index (χ4v) is 12.2. The van der Waals surface area contributed by atoms with E-state index in [1.54, 1.807) is 10.8 Å². The van der Waals surface area contributed by atoms with Crippen molar-refractivity contribution >= 4 is 40.9 Å². The van der Waals surface area contributed by atoms with Gasteiger partial charge in [0.25, 0.3) is 0 Å². The molecule has 0 aliphatic heterocycles. The SMILES string of the molecule is C[SiH](C)[c-]1cccc1C1([Si](C)(C)C)CCC([Si](C)(C)C)C1.[Cl-].[Cl-].[Ti+4].c1ccc2[cH-]ccc2c1. The molecule has 0 spiro atoms. The van der Waals surface area contributed by atoms with Crippen molar-refractivity contribution in [1.29, 1.82) is 0 Å². The van der Waals surface area contributed by atoms with Crippen LogP contribution in [0.15, 0.2) is 60.7 Å². The quantitative estimate of drug-likeness (QED) is 0.332. The Morgan fingerprint density at radius 2 is 1.58 bits per heavy atom. The summed E-state index contributed by atoms with van der Waals surface area (Å²) in [5, 5.41) is 5.00. The molecule has 3 aromatic rings. The van der Waals surface area contributed by atoms with E-state index in [0.29, 0.717) is 5.04 Å². The Hall–Kier alpha value is 0.125. The van der Waals surface area contributed by atoms with Gasteiger partial charge < -0.3 is 24.8 Å². The second kappa shape index (κ2) is 12.9. The zero-order valence-electron chi connectivity index (χ0n) is 21.8. The first kappa shape index (κ1) is 33.1. The van der Waals surface area contributed by atoms with Gasteiger partial charge in [0.2, 0.25) is 0 Å². The summed E-state index contributed by atoms with van der Waals surface area (Å²) in [6, 6.07) is 22.0. The smallest absolute Gasteiger partial charge is 1.00 e. The van der Waals surface area contributed by atoms with Gasteiger partial charge in [0.1, 0.15) is 0 Å². The summed E-state index contributed by atoms with van der Waals surface area (Å²) in [4.78, 5) is 0. The van der Waals surface area contributed by atoms with E-state index in [2.05, 4.69) is 113 Å². The summed E-state index contributed by atoms with van der Waals surface area (Å²) in [6.45, 7) is 20.6. The molecule has 1 aliphatic rings. The van der Waals surface area contributed by atoms with Crippen molar-refractivity contribution in [1.82, 2.24) is 0 Å². The van der Waals surface area contributed by atoms with Gasteiger partial charge in [-0.25, -0.2) is 12.1 Å². The molecule has 6 heteroatoms. The Morgan fingerprint density at radius 3 is 2.09 bits per heavy atom. The van der Waals surface area contributed by atoms with Crippen molar-refractivity contribution in [3.63, 3.8) is 0 Å². The number of benzene rings is 1. The van der Waals surface area contributed by atoms with Crippen LogP contribution in [-0.4, -0.2) is 24.9 Å². The number of halogens is 2. The van der Waals surface area contributed by atoms with E-state index in [0.717, 1.165) is 5.54 Å². The van der Waals surface area contributed by atoms with Crippen LogP contribution in [0.2, 0.25) is 57.9 Å². The molecule has 2 unspecified atom stereocenters. The Bertz CT molecular complexity index is 935. The fraction of sp³-hybridized carbons (Fsp3) is 0.481. The molecule has 0 nitrogen and oxygen atoms in total. The molecule has 33 heavy (non-hydrogen) atoms. The molecule has 180 valence electrons. The van der Waals surface area contributed by atoms with Crippen molar-refractivity contribution in [2.24, 2.45) is 0 Å². The fourth-order valence-electron chi connectivity index (χ4n) is 5.56. The molecule has 1 aliphatic carbocycles. The van der Waals surface area contributed by atoms with Crippen molar-refractivity contribution in [3.05, 3.63) is 66.2 Å². The van der Waals surface area contributed by atoms with E-state index in [9.17, 15) is 0 Å². The minimum atomic E-state index is -1.23. The maximum Gasteiger partial charge on any atom is 4.00 e. The van der Waals surface area contributed by atoms with Crippen LogP contribution in [-0.2, 0) is 26.8 Å². The van der Waals surface area contributed by atoms with Gasteiger partial charge in [-0.3, -0.25) is 0 Å². The van der Waals surface area contributed by atoms with Gasteiger partial charge in [0, 0.05) is 16.9 Å². The molecule has 0 bridgehead atoms. The van der Waals surface area contributed by atoms with Gasteiger partial charge in [0.15, 0.2) is 0 Å². The van der Waals surface area contributed by atoms with Crippen LogP contribution < -0.4 is 30.0 Å². The normalized spacial score (nSPS) is 20.3. The van der Waals surface area contributed by atoms with E-state index in [4.69, 9.17) is 0 Å². The molecular formula is C27H42Cl2Si3Ti. The maximum absolute atomic E-state index is 2.62. The van der Waals surface area contributed by atoms with Gasteiger partial charge in [-0.2, -0.15) is 34.3 Å². The van der Waals surface area contributed by atoms with E-state index in [-0.39, 0.29) is 46.5 Å². The summed E-state index contributed by atoms with van der Waals surface area (Å²) in [5.74, 6) is 0. The predicted molar refractivity (Wildman–Crippen MR) is 146 cm³/mol. The Morgan fingerprint density at radius 1 is 0.939 bits per heavy atom. The van der Waals surface area contributed by atoms with Crippen LogP contribution in [0.3, 0.4) is 0 Å². The van der Waals surface area contributed by atoms with Crippen molar-refractivity contribution in [2.75, 3.05) is 0 Å². The molecule has 1 saturated carbocycles. The zero-order chi connectivity index (χ0) is 22.2. The third-order valence-electron chi connectivity index (χ3n) is 7.71.